The van der Waals surface area contributed by atoms with Gasteiger partial charge in [0.1, 0.15) is 5.75 Å². The SMILES string of the molecule is C=CCN[C@H]1CS(=O)(=O)C[C@@H]1S(=O)(=O)c1ccc(OC)cc1. The van der Waals surface area contributed by atoms with E-state index in [1.807, 2.05) is 0 Å². The summed E-state index contributed by atoms with van der Waals surface area (Å²) in [6, 6.07) is 5.33. The first-order chi connectivity index (χ1) is 10.3. The molecular formula is C14H19NO5S2. The van der Waals surface area contributed by atoms with Gasteiger partial charge in [0.25, 0.3) is 0 Å². The normalized spacial score (nSPS) is 24.0. The zero-order valence-corrected chi connectivity index (χ0v) is 13.9. The maximum Gasteiger partial charge on any atom is 0.183 e. The molecule has 1 N–H and O–H groups in total. The van der Waals surface area contributed by atoms with Crippen LogP contribution in [-0.2, 0) is 19.7 Å². The van der Waals surface area contributed by atoms with Crippen molar-refractivity contribution in [3.8, 4) is 5.75 Å². The van der Waals surface area contributed by atoms with Crippen LogP contribution in [0.3, 0.4) is 0 Å². The van der Waals surface area contributed by atoms with Crippen LogP contribution in [0.4, 0.5) is 0 Å². The fraction of sp³-hybridized carbons (Fsp3) is 0.429. The summed E-state index contributed by atoms with van der Waals surface area (Å²) in [5.41, 5.74) is 0. The molecular weight excluding hydrogens is 326 g/mol. The minimum absolute atomic E-state index is 0.0980. The predicted molar refractivity (Wildman–Crippen MR) is 84.6 cm³/mol. The van der Waals surface area contributed by atoms with Crippen LogP contribution in [0.5, 0.6) is 5.75 Å². The van der Waals surface area contributed by atoms with Crippen LogP contribution in [0.25, 0.3) is 0 Å². The van der Waals surface area contributed by atoms with Gasteiger partial charge in [0, 0.05) is 12.6 Å². The molecule has 1 aliphatic heterocycles. The van der Waals surface area contributed by atoms with Gasteiger partial charge in [-0.3, -0.25) is 0 Å². The number of ether oxygens (including phenoxy) is 1. The Balaban J connectivity index is 2.34. The Morgan fingerprint density at radius 2 is 1.95 bits per heavy atom. The summed E-state index contributed by atoms with van der Waals surface area (Å²) in [6.45, 7) is 3.90. The summed E-state index contributed by atoms with van der Waals surface area (Å²) < 4.78 is 54.1. The van der Waals surface area contributed by atoms with Crippen molar-refractivity contribution in [2.24, 2.45) is 0 Å². The molecule has 0 amide bonds. The number of rotatable bonds is 6. The number of methoxy groups -OCH3 is 1. The van der Waals surface area contributed by atoms with Gasteiger partial charge in [-0.1, -0.05) is 6.08 Å². The molecule has 0 aromatic heterocycles. The Morgan fingerprint density at radius 1 is 1.32 bits per heavy atom. The van der Waals surface area contributed by atoms with E-state index in [9.17, 15) is 16.8 Å². The quantitative estimate of drug-likeness (QED) is 0.751. The lowest BCUT2D eigenvalue weighted by atomic mass is 10.2. The molecule has 1 saturated heterocycles. The molecule has 0 spiro atoms. The molecule has 2 rings (SSSR count). The van der Waals surface area contributed by atoms with Gasteiger partial charge in [0.15, 0.2) is 19.7 Å². The Hall–Kier alpha value is -1.38. The molecule has 0 aliphatic carbocycles. The van der Waals surface area contributed by atoms with E-state index < -0.39 is 31.0 Å². The summed E-state index contributed by atoms with van der Waals surface area (Å²) in [6.07, 6.45) is 1.57. The summed E-state index contributed by atoms with van der Waals surface area (Å²) in [7, 11) is -5.64. The van der Waals surface area contributed by atoms with E-state index in [-0.39, 0.29) is 16.4 Å². The fourth-order valence-corrected chi connectivity index (χ4v) is 7.20. The Morgan fingerprint density at radius 3 is 2.50 bits per heavy atom. The van der Waals surface area contributed by atoms with E-state index in [0.717, 1.165) is 0 Å². The highest BCUT2D eigenvalue weighted by Gasteiger charge is 2.45. The highest BCUT2D eigenvalue weighted by Crippen LogP contribution is 2.27. The molecule has 1 fully saturated rings. The Bertz CT molecular complexity index is 738. The summed E-state index contributed by atoms with van der Waals surface area (Å²) in [4.78, 5) is 0.0980. The van der Waals surface area contributed by atoms with Gasteiger partial charge in [0.05, 0.1) is 28.8 Å². The fourth-order valence-electron chi connectivity index (χ4n) is 2.49. The molecule has 0 unspecified atom stereocenters. The van der Waals surface area contributed by atoms with Crippen molar-refractivity contribution >= 4 is 19.7 Å². The third kappa shape index (κ3) is 3.50. The third-order valence-corrected chi connectivity index (χ3v) is 7.78. The van der Waals surface area contributed by atoms with E-state index in [2.05, 4.69) is 11.9 Å². The van der Waals surface area contributed by atoms with Crippen LogP contribution >= 0.6 is 0 Å². The third-order valence-electron chi connectivity index (χ3n) is 3.61. The van der Waals surface area contributed by atoms with Gasteiger partial charge in [-0.2, -0.15) is 0 Å². The number of benzene rings is 1. The van der Waals surface area contributed by atoms with Crippen LogP contribution < -0.4 is 10.1 Å². The Labute approximate surface area is 131 Å². The summed E-state index contributed by atoms with van der Waals surface area (Å²) in [5, 5.41) is 1.94. The number of hydrogen-bond acceptors (Lipinski definition) is 6. The van der Waals surface area contributed by atoms with Crippen LogP contribution in [-0.4, -0.2) is 53.3 Å². The van der Waals surface area contributed by atoms with Crippen molar-refractivity contribution in [1.29, 1.82) is 0 Å². The molecule has 0 bridgehead atoms. The molecule has 1 aromatic rings. The first kappa shape index (κ1) is 17.0. The van der Waals surface area contributed by atoms with E-state index in [1.54, 1.807) is 18.2 Å². The van der Waals surface area contributed by atoms with Gasteiger partial charge in [-0.05, 0) is 24.3 Å². The van der Waals surface area contributed by atoms with Crippen molar-refractivity contribution in [2.45, 2.75) is 16.2 Å². The van der Waals surface area contributed by atoms with Crippen molar-refractivity contribution in [3.63, 3.8) is 0 Å². The van der Waals surface area contributed by atoms with Gasteiger partial charge in [0.2, 0.25) is 0 Å². The van der Waals surface area contributed by atoms with Gasteiger partial charge < -0.3 is 10.1 Å². The predicted octanol–water partition coefficient (Wildman–Crippen LogP) is 0.410. The Kier molecular flexibility index (Phi) is 4.93. The van der Waals surface area contributed by atoms with Crippen molar-refractivity contribution in [2.75, 3.05) is 25.2 Å². The second kappa shape index (κ2) is 6.39. The molecule has 0 saturated carbocycles. The summed E-state index contributed by atoms with van der Waals surface area (Å²) in [5.74, 6) is -0.00354. The highest BCUT2D eigenvalue weighted by molar-refractivity contribution is 7.96. The lowest BCUT2D eigenvalue weighted by Gasteiger charge is -2.19. The summed E-state index contributed by atoms with van der Waals surface area (Å²) >= 11 is 0. The van der Waals surface area contributed by atoms with Crippen LogP contribution in [0.2, 0.25) is 0 Å². The molecule has 2 atom stereocenters. The van der Waals surface area contributed by atoms with E-state index in [4.69, 9.17) is 4.74 Å². The van der Waals surface area contributed by atoms with Crippen LogP contribution in [0, 0.1) is 0 Å². The van der Waals surface area contributed by atoms with Crippen LogP contribution in [0.1, 0.15) is 0 Å². The average Bonchev–Trinajstić information content (AvgIpc) is 2.81. The number of nitrogens with one attached hydrogen (secondary N) is 1. The van der Waals surface area contributed by atoms with E-state index in [1.165, 1.54) is 19.2 Å². The molecule has 1 heterocycles. The highest BCUT2D eigenvalue weighted by atomic mass is 32.2. The average molecular weight is 345 g/mol. The first-order valence-electron chi connectivity index (χ1n) is 6.73. The smallest absolute Gasteiger partial charge is 0.183 e. The maximum atomic E-state index is 12.7. The second-order valence-electron chi connectivity index (χ2n) is 5.14. The molecule has 22 heavy (non-hydrogen) atoms. The number of hydrogen-bond donors (Lipinski definition) is 1. The zero-order chi connectivity index (χ0) is 16.4. The minimum atomic E-state index is -3.75. The molecule has 0 radical (unpaired) electrons. The van der Waals surface area contributed by atoms with Gasteiger partial charge in [-0.15, -0.1) is 6.58 Å². The monoisotopic (exact) mass is 345 g/mol. The number of sulfone groups is 2. The van der Waals surface area contributed by atoms with E-state index >= 15 is 0 Å². The molecule has 1 aliphatic rings. The second-order valence-corrected chi connectivity index (χ2v) is 9.46. The first-order valence-corrected chi connectivity index (χ1v) is 10.1. The van der Waals surface area contributed by atoms with Crippen molar-refractivity contribution in [1.82, 2.24) is 5.32 Å². The zero-order valence-electron chi connectivity index (χ0n) is 12.2. The molecule has 122 valence electrons. The molecule has 6 nitrogen and oxygen atoms in total. The van der Waals surface area contributed by atoms with E-state index in [0.29, 0.717) is 12.3 Å². The van der Waals surface area contributed by atoms with Gasteiger partial charge in [-0.25, -0.2) is 16.8 Å². The standard InChI is InChI=1S/C14H19NO5S2/c1-3-8-15-13-9-21(16,17)10-14(13)22(18,19)12-6-4-11(20-2)5-7-12/h3-7,13-15H,1,8-10H2,2H3/t13-,14-/m0/s1. The van der Waals surface area contributed by atoms with Crippen molar-refractivity contribution in [3.05, 3.63) is 36.9 Å². The lowest BCUT2D eigenvalue weighted by molar-refractivity contribution is 0.414. The van der Waals surface area contributed by atoms with Crippen molar-refractivity contribution < 1.29 is 21.6 Å². The lowest BCUT2D eigenvalue weighted by Crippen LogP contribution is -2.43. The largest absolute Gasteiger partial charge is 0.497 e. The topological polar surface area (TPSA) is 89.5 Å². The maximum absolute atomic E-state index is 12.7. The van der Waals surface area contributed by atoms with Gasteiger partial charge >= 0.3 is 0 Å². The molecule has 1 aromatic carbocycles. The molecule has 8 heteroatoms. The minimum Gasteiger partial charge on any atom is -0.497 e. The van der Waals surface area contributed by atoms with Crippen LogP contribution in [0.15, 0.2) is 41.8 Å².